The van der Waals surface area contributed by atoms with Crippen LogP contribution in [0, 0.1) is 5.92 Å². The number of carbonyl (C=O) groups excluding carboxylic acids is 1. The van der Waals surface area contributed by atoms with E-state index in [1.807, 2.05) is 24.3 Å². The van der Waals surface area contributed by atoms with Crippen LogP contribution in [0.3, 0.4) is 0 Å². The van der Waals surface area contributed by atoms with Crippen LogP contribution >= 0.6 is 12.4 Å². The molecule has 1 aromatic rings. The number of hydrogen-bond acceptors (Lipinski definition) is 4. The lowest BCUT2D eigenvalue weighted by molar-refractivity contribution is -0.184. The number of hydrogen-bond donors (Lipinski definition) is 2. The van der Waals surface area contributed by atoms with E-state index >= 15 is 0 Å². The molecule has 1 spiro atoms. The maximum Gasteiger partial charge on any atom is 0.405 e. The zero-order valence-corrected chi connectivity index (χ0v) is 16.2. The van der Waals surface area contributed by atoms with Crippen molar-refractivity contribution in [3.63, 3.8) is 0 Å². The van der Waals surface area contributed by atoms with Gasteiger partial charge in [0.05, 0.1) is 6.61 Å². The fourth-order valence-corrected chi connectivity index (χ4v) is 4.47. The predicted octanol–water partition coefficient (Wildman–Crippen LogP) is 2.10. The van der Waals surface area contributed by atoms with E-state index in [-0.39, 0.29) is 29.6 Å². The van der Waals surface area contributed by atoms with Gasteiger partial charge in [0.15, 0.2) is 0 Å². The van der Waals surface area contributed by atoms with Crippen molar-refractivity contribution in [1.29, 1.82) is 0 Å². The molecule has 156 valence electrons. The molecule has 5 nitrogen and oxygen atoms in total. The lowest BCUT2D eigenvalue weighted by atomic mass is 9.87. The van der Waals surface area contributed by atoms with Gasteiger partial charge in [0.2, 0.25) is 5.91 Å². The Kier molecular flexibility index (Phi) is 6.12. The van der Waals surface area contributed by atoms with Crippen molar-refractivity contribution in [2.75, 3.05) is 39.3 Å². The summed E-state index contributed by atoms with van der Waals surface area (Å²) in [6.45, 7) is 1.86. The fourth-order valence-electron chi connectivity index (χ4n) is 4.47. The molecule has 0 radical (unpaired) electrons. The lowest BCUT2D eigenvalue weighted by Gasteiger charge is -2.36. The van der Waals surface area contributed by atoms with E-state index in [1.165, 1.54) is 4.90 Å². The van der Waals surface area contributed by atoms with E-state index in [4.69, 9.17) is 4.74 Å². The summed E-state index contributed by atoms with van der Waals surface area (Å²) in [6.07, 6.45) is -2.97. The van der Waals surface area contributed by atoms with Gasteiger partial charge in [0.1, 0.15) is 11.8 Å². The number of benzene rings is 1. The highest BCUT2D eigenvalue weighted by Crippen LogP contribution is 2.60. The van der Waals surface area contributed by atoms with Crippen LogP contribution < -0.4 is 15.4 Å². The van der Waals surface area contributed by atoms with Crippen LogP contribution in [0.1, 0.15) is 18.4 Å². The second-order valence-corrected chi connectivity index (χ2v) is 7.60. The summed E-state index contributed by atoms with van der Waals surface area (Å²) >= 11 is 0. The van der Waals surface area contributed by atoms with Crippen molar-refractivity contribution in [3.05, 3.63) is 29.8 Å². The van der Waals surface area contributed by atoms with Gasteiger partial charge in [-0.05, 0) is 18.9 Å². The molecule has 1 aromatic carbocycles. The maximum atomic E-state index is 13.5. The lowest BCUT2D eigenvalue weighted by Crippen LogP contribution is -2.57. The number of para-hydroxylation sites is 1. The van der Waals surface area contributed by atoms with Crippen LogP contribution in [0.2, 0.25) is 0 Å². The molecule has 1 saturated carbocycles. The van der Waals surface area contributed by atoms with E-state index in [0.717, 1.165) is 17.7 Å². The number of nitrogens with one attached hydrogen (secondary N) is 2. The summed E-state index contributed by atoms with van der Waals surface area (Å²) in [5.74, 6) is 0.226. The topological polar surface area (TPSA) is 53.6 Å². The van der Waals surface area contributed by atoms with Crippen LogP contribution in [0.15, 0.2) is 24.3 Å². The van der Waals surface area contributed by atoms with Crippen LogP contribution in [0.25, 0.3) is 0 Å². The standard InChI is InChI=1S/C19H24F3N3O2.ClH/c20-19(21,22)16(25-8-6-23-7-9-25)12-24-17(26)14-11-18(14)5-10-27-15-4-2-1-3-13(15)18;/h1-4,14,16,23H,5-12H2,(H,24,26);1H. The summed E-state index contributed by atoms with van der Waals surface area (Å²) < 4.78 is 46.1. The molecule has 0 aromatic heterocycles. The van der Waals surface area contributed by atoms with Crippen molar-refractivity contribution < 1.29 is 22.7 Å². The van der Waals surface area contributed by atoms with E-state index in [1.54, 1.807) is 0 Å². The molecule has 28 heavy (non-hydrogen) atoms. The normalized spacial score (nSPS) is 27.9. The molecule has 9 heteroatoms. The number of piperazine rings is 1. The number of amides is 1. The number of ether oxygens (including phenoxy) is 1. The van der Waals surface area contributed by atoms with Crippen LogP contribution in [0.5, 0.6) is 5.75 Å². The Hall–Kier alpha value is -1.51. The highest BCUT2D eigenvalue weighted by molar-refractivity contribution is 5.85. The van der Waals surface area contributed by atoms with Crippen LogP contribution in [-0.2, 0) is 10.2 Å². The molecule has 1 saturated heterocycles. The molecular weight excluding hydrogens is 395 g/mol. The smallest absolute Gasteiger partial charge is 0.405 e. The Morgan fingerprint density at radius 2 is 2.04 bits per heavy atom. The number of nitrogens with zero attached hydrogens (tertiary/aromatic N) is 1. The summed E-state index contributed by atoms with van der Waals surface area (Å²) in [6, 6.07) is 6.00. The summed E-state index contributed by atoms with van der Waals surface area (Å²) in [7, 11) is 0. The number of halogens is 4. The van der Waals surface area contributed by atoms with Gasteiger partial charge in [-0.3, -0.25) is 9.69 Å². The van der Waals surface area contributed by atoms with Crippen molar-refractivity contribution in [2.45, 2.75) is 30.5 Å². The number of fused-ring (bicyclic) bond motifs is 2. The monoisotopic (exact) mass is 419 g/mol. The van der Waals surface area contributed by atoms with Gasteiger partial charge in [0, 0.05) is 49.6 Å². The zero-order chi connectivity index (χ0) is 19.1. The quantitative estimate of drug-likeness (QED) is 0.785. The number of carbonyl (C=O) groups is 1. The van der Waals surface area contributed by atoms with Crippen molar-refractivity contribution in [1.82, 2.24) is 15.5 Å². The Morgan fingerprint density at radius 3 is 2.75 bits per heavy atom. The van der Waals surface area contributed by atoms with Gasteiger partial charge < -0.3 is 15.4 Å². The first-order valence-corrected chi connectivity index (χ1v) is 9.43. The molecule has 3 aliphatic rings. The average Bonchev–Trinajstić information content (AvgIpc) is 3.37. The van der Waals surface area contributed by atoms with E-state index in [9.17, 15) is 18.0 Å². The Morgan fingerprint density at radius 1 is 1.32 bits per heavy atom. The molecular formula is C19H25ClF3N3O2. The Labute approximate surface area is 168 Å². The minimum Gasteiger partial charge on any atom is -0.493 e. The summed E-state index contributed by atoms with van der Waals surface area (Å²) in [5.41, 5.74) is 0.729. The van der Waals surface area contributed by atoms with Crippen molar-refractivity contribution in [3.8, 4) is 5.75 Å². The number of rotatable bonds is 4. The Balaban J connectivity index is 0.00000225. The molecule has 2 fully saturated rings. The van der Waals surface area contributed by atoms with Gasteiger partial charge in [-0.15, -0.1) is 12.4 Å². The molecule has 2 heterocycles. The second-order valence-electron chi connectivity index (χ2n) is 7.60. The van der Waals surface area contributed by atoms with E-state index in [0.29, 0.717) is 39.2 Å². The third-order valence-electron chi connectivity index (χ3n) is 6.06. The number of alkyl halides is 3. The van der Waals surface area contributed by atoms with Gasteiger partial charge in [-0.25, -0.2) is 0 Å². The maximum absolute atomic E-state index is 13.5. The minimum atomic E-state index is -4.36. The Bertz CT molecular complexity index is 712. The van der Waals surface area contributed by atoms with Crippen LogP contribution in [-0.4, -0.2) is 62.4 Å². The predicted molar refractivity (Wildman–Crippen MR) is 101 cm³/mol. The SMILES string of the molecule is Cl.O=C(NCC(N1CCNCC1)C(F)(F)F)C1CC12CCOc1ccccc12. The average molecular weight is 420 g/mol. The molecule has 2 N–H and O–H groups in total. The first-order chi connectivity index (χ1) is 12.9. The second kappa shape index (κ2) is 8.08. The third-order valence-corrected chi connectivity index (χ3v) is 6.06. The molecule has 1 aliphatic carbocycles. The fraction of sp³-hybridized carbons (Fsp3) is 0.632. The minimum absolute atomic E-state index is 0. The van der Waals surface area contributed by atoms with E-state index < -0.39 is 18.8 Å². The highest BCUT2D eigenvalue weighted by atomic mass is 35.5. The third kappa shape index (κ3) is 3.95. The van der Waals surface area contributed by atoms with E-state index in [2.05, 4.69) is 10.6 Å². The van der Waals surface area contributed by atoms with Crippen molar-refractivity contribution >= 4 is 18.3 Å². The first-order valence-electron chi connectivity index (χ1n) is 9.43. The molecule has 1 amide bonds. The molecule has 0 bridgehead atoms. The zero-order valence-electron chi connectivity index (χ0n) is 15.4. The molecule has 4 rings (SSSR count). The molecule has 3 atom stereocenters. The molecule has 2 aliphatic heterocycles. The highest BCUT2D eigenvalue weighted by Gasteiger charge is 2.61. The van der Waals surface area contributed by atoms with Gasteiger partial charge in [0.25, 0.3) is 0 Å². The largest absolute Gasteiger partial charge is 0.493 e. The first kappa shape index (κ1) is 21.2. The van der Waals surface area contributed by atoms with Gasteiger partial charge >= 0.3 is 6.18 Å². The van der Waals surface area contributed by atoms with Gasteiger partial charge in [-0.1, -0.05) is 18.2 Å². The summed E-state index contributed by atoms with van der Waals surface area (Å²) in [5, 5.41) is 5.64. The summed E-state index contributed by atoms with van der Waals surface area (Å²) in [4.78, 5) is 14.1. The van der Waals surface area contributed by atoms with Crippen molar-refractivity contribution in [2.24, 2.45) is 5.92 Å². The van der Waals surface area contributed by atoms with Crippen LogP contribution in [0.4, 0.5) is 13.2 Å². The molecule has 3 unspecified atom stereocenters. The van der Waals surface area contributed by atoms with Gasteiger partial charge in [-0.2, -0.15) is 13.2 Å².